The van der Waals surface area contributed by atoms with Gasteiger partial charge in [-0.2, -0.15) is 5.10 Å². The fourth-order valence-electron chi connectivity index (χ4n) is 3.69. The largest absolute Gasteiger partial charge is 0.497 e. The molecule has 1 atom stereocenters. The second-order valence-electron chi connectivity index (χ2n) is 7.23. The van der Waals surface area contributed by atoms with Crippen molar-refractivity contribution in [3.05, 3.63) is 58.1 Å². The summed E-state index contributed by atoms with van der Waals surface area (Å²) in [7, 11) is 3.33. The van der Waals surface area contributed by atoms with Gasteiger partial charge in [0.05, 0.1) is 25.5 Å². The molecule has 0 bridgehead atoms. The minimum atomic E-state index is -0.457. The van der Waals surface area contributed by atoms with E-state index in [9.17, 15) is 14.7 Å². The zero-order valence-electron chi connectivity index (χ0n) is 15.7. The van der Waals surface area contributed by atoms with Crippen molar-refractivity contribution in [2.24, 2.45) is 13.0 Å². The normalized spacial score (nSPS) is 19.8. The zero-order valence-corrected chi connectivity index (χ0v) is 15.7. The number of aryl methyl sites for hydroxylation is 1. The summed E-state index contributed by atoms with van der Waals surface area (Å²) < 4.78 is 6.85. The first-order valence-electron chi connectivity index (χ1n) is 9.13. The molecule has 0 saturated heterocycles. The number of aromatic nitrogens is 3. The van der Waals surface area contributed by atoms with Gasteiger partial charge in [0, 0.05) is 35.9 Å². The van der Waals surface area contributed by atoms with Gasteiger partial charge in [0.15, 0.2) is 0 Å². The quantitative estimate of drug-likeness (QED) is 0.620. The van der Waals surface area contributed by atoms with E-state index in [2.05, 4.69) is 15.4 Å². The molecule has 0 radical (unpaired) electrons. The number of nitrogens with one attached hydrogen (secondary N) is 2. The Morgan fingerprint density at radius 2 is 2.21 bits per heavy atom. The van der Waals surface area contributed by atoms with Crippen molar-refractivity contribution in [3.63, 3.8) is 0 Å². The van der Waals surface area contributed by atoms with Gasteiger partial charge in [0.25, 0.3) is 5.91 Å². The molecule has 1 amide bonds. The van der Waals surface area contributed by atoms with Crippen molar-refractivity contribution < 1.29 is 14.6 Å². The van der Waals surface area contributed by atoms with Crippen LogP contribution in [0, 0.1) is 5.92 Å². The number of fused-ring (bicyclic) bond motifs is 1. The third-order valence-corrected chi connectivity index (χ3v) is 5.32. The first kappa shape index (κ1) is 18.2. The average molecular weight is 382 g/mol. The maximum absolute atomic E-state index is 12.9. The summed E-state index contributed by atoms with van der Waals surface area (Å²) in [4.78, 5) is 28.8. The Kier molecular flexibility index (Phi) is 4.64. The SMILES string of the molecule is COc1ccc2[nH]cc(C(=O)N[C@H](c3cnn(C)c3)C3CC(O)C3)c(=O)c2c1. The minimum absolute atomic E-state index is 0.0366. The summed E-state index contributed by atoms with van der Waals surface area (Å²) in [5.41, 5.74) is 1.16. The lowest BCUT2D eigenvalue weighted by Crippen LogP contribution is -2.42. The van der Waals surface area contributed by atoms with Gasteiger partial charge in [-0.1, -0.05) is 0 Å². The van der Waals surface area contributed by atoms with E-state index >= 15 is 0 Å². The summed E-state index contributed by atoms with van der Waals surface area (Å²) in [5.74, 6) is 0.191. The molecule has 1 fully saturated rings. The van der Waals surface area contributed by atoms with Crippen molar-refractivity contribution in [2.45, 2.75) is 25.0 Å². The molecule has 2 aromatic heterocycles. The van der Waals surface area contributed by atoms with E-state index in [1.165, 1.54) is 13.3 Å². The monoisotopic (exact) mass is 382 g/mol. The fraction of sp³-hybridized carbons (Fsp3) is 0.350. The van der Waals surface area contributed by atoms with Crippen LogP contribution in [0.4, 0.5) is 0 Å². The number of hydrogen-bond acceptors (Lipinski definition) is 5. The van der Waals surface area contributed by atoms with E-state index in [1.807, 2.05) is 6.20 Å². The predicted octanol–water partition coefficient (Wildman–Crippen LogP) is 1.51. The molecular weight excluding hydrogens is 360 g/mol. The molecule has 2 heterocycles. The smallest absolute Gasteiger partial charge is 0.257 e. The van der Waals surface area contributed by atoms with E-state index in [4.69, 9.17) is 4.74 Å². The molecule has 1 saturated carbocycles. The van der Waals surface area contributed by atoms with Gasteiger partial charge in [-0.15, -0.1) is 0 Å². The van der Waals surface area contributed by atoms with Crippen LogP contribution in [-0.4, -0.2) is 39.0 Å². The van der Waals surface area contributed by atoms with E-state index in [0.717, 1.165) is 5.56 Å². The Morgan fingerprint density at radius 3 is 2.86 bits per heavy atom. The van der Waals surface area contributed by atoms with Gasteiger partial charge in [-0.25, -0.2) is 0 Å². The van der Waals surface area contributed by atoms with Crippen molar-refractivity contribution in [2.75, 3.05) is 7.11 Å². The molecule has 1 aliphatic rings. The number of benzene rings is 1. The Balaban J connectivity index is 1.66. The molecule has 8 heteroatoms. The lowest BCUT2D eigenvalue weighted by molar-refractivity contribution is 0.0235. The highest BCUT2D eigenvalue weighted by Crippen LogP contribution is 2.38. The summed E-state index contributed by atoms with van der Waals surface area (Å²) in [6, 6.07) is 4.79. The van der Waals surface area contributed by atoms with Crippen LogP contribution >= 0.6 is 0 Å². The molecule has 3 aromatic rings. The van der Waals surface area contributed by atoms with Gasteiger partial charge < -0.3 is 20.1 Å². The van der Waals surface area contributed by atoms with Crippen molar-refractivity contribution >= 4 is 16.8 Å². The van der Waals surface area contributed by atoms with Crippen LogP contribution in [0.2, 0.25) is 0 Å². The lowest BCUT2D eigenvalue weighted by Gasteiger charge is -2.37. The lowest BCUT2D eigenvalue weighted by atomic mass is 9.75. The summed E-state index contributed by atoms with van der Waals surface area (Å²) >= 11 is 0. The van der Waals surface area contributed by atoms with Gasteiger partial charge in [0.1, 0.15) is 11.3 Å². The van der Waals surface area contributed by atoms with Gasteiger partial charge >= 0.3 is 0 Å². The van der Waals surface area contributed by atoms with Gasteiger partial charge in [0.2, 0.25) is 5.43 Å². The summed E-state index contributed by atoms with van der Waals surface area (Å²) in [6.07, 6.45) is 5.83. The molecule has 0 spiro atoms. The standard InChI is InChI=1S/C20H22N4O4/c1-24-10-12(8-22-24)18(11-5-13(25)6-11)23-20(27)16-9-21-17-4-3-14(28-2)7-15(17)19(16)26/h3-4,7-11,13,18,25H,5-6H2,1-2H3,(H,21,26)(H,23,27)/t11?,13?,18-/m0/s1. The first-order valence-corrected chi connectivity index (χ1v) is 9.13. The number of ether oxygens (including phenoxy) is 1. The van der Waals surface area contributed by atoms with Crippen LogP contribution in [0.1, 0.15) is 34.8 Å². The number of carbonyl (C=O) groups is 1. The van der Waals surface area contributed by atoms with Crippen molar-refractivity contribution in [3.8, 4) is 5.75 Å². The number of aliphatic hydroxyl groups excluding tert-OH is 1. The number of amides is 1. The van der Waals surface area contributed by atoms with Crippen LogP contribution in [0.5, 0.6) is 5.75 Å². The molecule has 146 valence electrons. The number of pyridine rings is 1. The number of rotatable bonds is 5. The zero-order chi connectivity index (χ0) is 19.8. The number of aliphatic hydroxyl groups is 1. The number of H-pyrrole nitrogens is 1. The summed E-state index contributed by atoms with van der Waals surface area (Å²) in [5, 5.41) is 17.2. The molecule has 4 rings (SSSR count). The van der Waals surface area contributed by atoms with Gasteiger partial charge in [-0.3, -0.25) is 14.3 Å². The highest BCUT2D eigenvalue weighted by atomic mass is 16.5. The number of hydrogen-bond donors (Lipinski definition) is 3. The van der Waals surface area contributed by atoms with E-state index < -0.39 is 5.91 Å². The number of aromatic amines is 1. The maximum atomic E-state index is 12.9. The Hall–Kier alpha value is -3.13. The molecule has 0 aliphatic heterocycles. The van der Waals surface area contributed by atoms with Crippen LogP contribution in [0.3, 0.4) is 0 Å². The van der Waals surface area contributed by atoms with Crippen LogP contribution in [0.15, 0.2) is 41.6 Å². The molecule has 3 N–H and O–H groups in total. The van der Waals surface area contributed by atoms with E-state index in [-0.39, 0.29) is 29.1 Å². The second-order valence-corrected chi connectivity index (χ2v) is 7.23. The Labute approximate surface area is 161 Å². The molecular formula is C20H22N4O4. The third kappa shape index (κ3) is 3.27. The maximum Gasteiger partial charge on any atom is 0.257 e. The highest BCUT2D eigenvalue weighted by molar-refractivity contribution is 5.97. The molecule has 1 aromatic carbocycles. The number of nitrogens with zero attached hydrogens (tertiary/aromatic N) is 2. The first-order chi connectivity index (χ1) is 13.5. The summed E-state index contributed by atoms with van der Waals surface area (Å²) in [6.45, 7) is 0. The van der Waals surface area contributed by atoms with Crippen LogP contribution in [0.25, 0.3) is 10.9 Å². The van der Waals surface area contributed by atoms with E-state index in [1.54, 1.807) is 36.1 Å². The minimum Gasteiger partial charge on any atom is -0.497 e. The molecule has 1 aliphatic carbocycles. The highest BCUT2D eigenvalue weighted by Gasteiger charge is 2.36. The third-order valence-electron chi connectivity index (χ3n) is 5.32. The fourth-order valence-corrected chi connectivity index (χ4v) is 3.69. The predicted molar refractivity (Wildman–Crippen MR) is 103 cm³/mol. The number of methoxy groups -OCH3 is 1. The Morgan fingerprint density at radius 1 is 1.43 bits per heavy atom. The van der Waals surface area contributed by atoms with Crippen molar-refractivity contribution in [1.82, 2.24) is 20.1 Å². The molecule has 8 nitrogen and oxygen atoms in total. The van der Waals surface area contributed by atoms with Crippen LogP contribution in [-0.2, 0) is 7.05 Å². The van der Waals surface area contributed by atoms with Crippen molar-refractivity contribution in [1.29, 1.82) is 0 Å². The van der Waals surface area contributed by atoms with Gasteiger partial charge in [-0.05, 0) is 37.0 Å². The molecule has 28 heavy (non-hydrogen) atoms. The molecule has 0 unspecified atom stereocenters. The topological polar surface area (TPSA) is 109 Å². The van der Waals surface area contributed by atoms with Crippen LogP contribution < -0.4 is 15.5 Å². The Bertz CT molecular complexity index is 1080. The average Bonchev–Trinajstić information content (AvgIpc) is 3.10. The van der Waals surface area contributed by atoms with E-state index in [0.29, 0.717) is 29.5 Å². The number of carbonyl (C=O) groups excluding carboxylic acids is 1. The second kappa shape index (κ2) is 7.12.